The van der Waals surface area contributed by atoms with Crippen molar-refractivity contribution >= 4 is 11.4 Å². The predicted octanol–water partition coefficient (Wildman–Crippen LogP) is 3.84. The van der Waals surface area contributed by atoms with Gasteiger partial charge in [-0.3, -0.25) is 0 Å². The Bertz CT molecular complexity index is 491. The van der Waals surface area contributed by atoms with Crippen LogP contribution in [0.1, 0.15) is 0 Å². The topological polar surface area (TPSA) is 92.5 Å². The van der Waals surface area contributed by atoms with E-state index in [1.54, 1.807) is 24.3 Å². The summed E-state index contributed by atoms with van der Waals surface area (Å²) >= 11 is 0. The Hall–Kier alpha value is -2.74. The summed E-state index contributed by atoms with van der Waals surface area (Å²) in [6.07, 6.45) is 0. The highest BCUT2D eigenvalue weighted by atomic mass is 16.3. The Morgan fingerprint density at radius 2 is 1.18 bits per heavy atom. The Kier molecular flexibility index (Phi) is 4.85. The molecule has 0 radical (unpaired) electrons. The van der Waals surface area contributed by atoms with Crippen molar-refractivity contribution < 1.29 is 5.11 Å². The molecule has 0 bridgehead atoms. The van der Waals surface area contributed by atoms with Gasteiger partial charge in [0.05, 0.1) is 11.4 Å². The van der Waals surface area contributed by atoms with E-state index in [2.05, 4.69) is 10.2 Å². The summed E-state index contributed by atoms with van der Waals surface area (Å²) in [5.41, 5.74) is 1.53. The third-order valence-corrected chi connectivity index (χ3v) is 1.89. The summed E-state index contributed by atoms with van der Waals surface area (Å²) in [6.45, 7) is 0. The lowest BCUT2D eigenvalue weighted by Gasteiger charge is -1.93. The first kappa shape index (κ1) is 12.3. The third-order valence-electron chi connectivity index (χ3n) is 1.89. The molecule has 0 fully saturated rings. The van der Waals surface area contributed by atoms with E-state index in [4.69, 9.17) is 15.9 Å². The lowest BCUT2D eigenvalue weighted by atomic mass is 10.3. The minimum absolute atomic E-state index is 0.230. The SMILES string of the molecule is N#N.Oc1ccc(N=Nc2ccccc2)cc1. The number of nitrogens with zero attached hydrogens (tertiary/aromatic N) is 4. The molecule has 0 aromatic heterocycles. The van der Waals surface area contributed by atoms with Gasteiger partial charge in [-0.05, 0) is 36.4 Å². The van der Waals surface area contributed by atoms with Gasteiger partial charge in [0.25, 0.3) is 0 Å². The quantitative estimate of drug-likeness (QED) is 0.622. The fourth-order valence-electron chi connectivity index (χ4n) is 1.13. The van der Waals surface area contributed by atoms with Crippen LogP contribution in [0.5, 0.6) is 5.75 Å². The maximum Gasteiger partial charge on any atom is 0.115 e. The zero-order chi connectivity index (χ0) is 12.5. The maximum atomic E-state index is 9.07. The molecule has 0 atom stereocenters. The van der Waals surface area contributed by atoms with Crippen molar-refractivity contribution in [2.24, 2.45) is 10.2 Å². The molecule has 0 amide bonds. The first-order chi connectivity index (χ1) is 8.34. The highest BCUT2D eigenvalue weighted by molar-refractivity contribution is 5.42. The van der Waals surface area contributed by atoms with Crippen LogP contribution in [0.15, 0.2) is 64.8 Å². The highest BCUT2D eigenvalue weighted by Gasteiger charge is 1.90. The molecule has 0 aliphatic heterocycles. The third kappa shape index (κ3) is 4.10. The molecular formula is C12H10N4O. The number of hydrogen-bond acceptors (Lipinski definition) is 5. The second-order valence-electron chi connectivity index (χ2n) is 3.05. The molecule has 0 unspecified atom stereocenters. The van der Waals surface area contributed by atoms with Gasteiger partial charge in [-0.2, -0.15) is 10.2 Å². The number of phenolic OH excluding ortho intramolecular Hbond substituents is 1. The van der Waals surface area contributed by atoms with Gasteiger partial charge >= 0.3 is 0 Å². The van der Waals surface area contributed by atoms with Crippen molar-refractivity contribution in [1.82, 2.24) is 0 Å². The van der Waals surface area contributed by atoms with E-state index < -0.39 is 0 Å². The van der Waals surface area contributed by atoms with E-state index in [1.165, 1.54) is 0 Å². The Labute approximate surface area is 98.5 Å². The predicted molar refractivity (Wildman–Crippen MR) is 62.2 cm³/mol. The zero-order valence-electron chi connectivity index (χ0n) is 8.93. The van der Waals surface area contributed by atoms with Crippen LogP contribution in [0.25, 0.3) is 0 Å². The summed E-state index contributed by atoms with van der Waals surface area (Å²) in [5, 5.41) is 29.2. The number of benzene rings is 2. The summed E-state index contributed by atoms with van der Waals surface area (Å²) in [4.78, 5) is 0. The number of rotatable bonds is 2. The van der Waals surface area contributed by atoms with Crippen molar-refractivity contribution in [2.45, 2.75) is 0 Å². The number of azo groups is 1. The Morgan fingerprint density at radius 3 is 1.71 bits per heavy atom. The normalized spacial score (nSPS) is 9.53. The average Bonchev–Trinajstić information content (AvgIpc) is 2.42. The van der Waals surface area contributed by atoms with Gasteiger partial charge in [0.1, 0.15) is 5.75 Å². The molecule has 0 saturated heterocycles. The summed E-state index contributed by atoms with van der Waals surface area (Å²) in [6, 6.07) is 16.1. The molecule has 84 valence electrons. The molecule has 2 rings (SSSR count). The van der Waals surface area contributed by atoms with E-state index in [-0.39, 0.29) is 5.75 Å². The Balaban J connectivity index is 0.000000686. The van der Waals surface area contributed by atoms with Gasteiger partial charge in [0.2, 0.25) is 0 Å². The molecule has 0 aliphatic carbocycles. The molecule has 1 N–H and O–H groups in total. The first-order valence-electron chi connectivity index (χ1n) is 4.80. The molecule has 0 spiro atoms. The van der Waals surface area contributed by atoms with Crippen LogP contribution in [-0.4, -0.2) is 5.11 Å². The maximum absolute atomic E-state index is 9.07. The fourth-order valence-corrected chi connectivity index (χ4v) is 1.13. The van der Waals surface area contributed by atoms with Crippen molar-refractivity contribution in [3.63, 3.8) is 0 Å². The number of phenols is 1. The molecular weight excluding hydrogens is 216 g/mol. The second-order valence-corrected chi connectivity index (χ2v) is 3.05. The fraction of sp³-hybridized carbons (Fsp3) is 0. The lowest BCUT2D eigenvalue weighted by molar-refractivity contribution is 0.475. The summed E-state index contributed by atoms with van der Waals surface area (Å²) in [5.74, 6) is 0.230. The Morgan fingerprint density at radius 1 is 0.706 bits per heavy atom. The van der Waals surface area contributed by atoms with E-state index in [1.807, 2.05) is 30.3 Å². The van der Waals surface area contributed by atoms with Gasteiger partial charge in [-0.15, -0.1) is 0 Å². The molecule has 5 heteroatoms. The standard InChI is InChI=1S/C12H10N2O.N2/c15-12-8-6-11(7-9-12)14-13-10-4-2-1-3-5-10;1-2/h1-9,15H;. The van der Waals surface area contributed by atoms with Gasteiger partial charge in [0, 0.05) is 10.8 Å². The molecule has 2 aromatic carbocycles. The van der Waals surface area contributed by atoms with Crippen LogP contribution in [0.3, 0.4) is 0 Å². The summed E-state index contributed by atoms with van der Waals surface area (Å²) in [7, 11) is 0. The average molecular weight is 226 g/mol. The monoisotopic (exact) mass is 226 g/mol. The van der Waals surface area contributed by atoms with Crippen LogP contribution in [-0.2, 0) is 0 Å². The molecule has 2 aromatic rings. The van der Waals surface area contributed by atoms with Crippen molar-refractivity contribution in [2.75, 3.05) is 0 Å². The molecule has 0 heterocycles. The minimum atomic E-state index is 0.230. The van der Waals surface area contributed by atoms with Gasteiger partial charge in [-0.25, -0.2) is 0 Å². The molecule has 17 heavy (non-hydrogen) atoms. The van der Waals surface area contributed by atoms with E-state index >= 15 is 0 Å². The van der Waals surface area contributed by atoms with Crippen LogP contribution in [0.4, 0.5) is 11.4 Å². The van der Waals surface area contributed by atoms with Crippen LogP contribution in [0.2, 0.25) is 0 Å². The van der Waals surface area contributed by atoms with Gasteiger partial charge in [-0.1, -0.05) is 18.2 Å². The van der Waals surface area contributed by atoms with E-state index in [0.717, 1.165) is 11.4 Å². The van der Waals surface area contributed by atoms with Gasteiger partial charge in [0.15, 0.2) is 0 Å². The lowest BCUT2D eigenvalue weighted by Crippen LogP contribution is -1.64. The molecule has 5 nitrogen and oxygen atoms in total. The van der Waals surface area contributed by atoms with Crippen molar-refractivity contribution in [3.05, 3.63) is 54.6 Å². The van der Waals surface area contributed by atoms with Crippen molar-refractivity contribution in [3.8, 4) is 5.75 Å². The van der Waals surface area contributed by atoms with Crippen LogP contribution >= 0.6 is 0 Å². The summed E-state index contributed by atoms with van der Waals surface area (Å²) < 4.78 is 0. The van der Waals surface area contributed by atoms with Crippen LogP contribution < -0.4 is 0 Å². The largest absolute Gasteiger partial charge is 0.508 e. The van der Waals surface area contributed by atoms with E-state index in [9.17, 15) is 0 Å². The smallest absolute Gasteiger partial charge is 0.115 e. The first-order valence-corrected chi connectivity index (χ1v) is 4.80. The van der Waals surface area contributed by atoms with Gasteiger partial charge < -0.3 is 5.11 Å². The number of aromatic hydroxyl groups is 1. The zero-order valence-corrected chi connectivity index (χ0v) is 8.93. The van der Waals surface area contributed by atoms with E-state index in [0.29, 0.717) is 0 Å². The molecule has 0 saturated carbocycles. The second kappa shape index (κ2) is 6.69. The molecule has 0 aliphatic rings. The number of hydrogen-bond donors (Lipinski definition) is 1. The minimum Gasteiger partial charge on any atom is -0.508 e. The highest BCUT2D eigenvalue weighted by Crippen LogP contribution is 2.19. The van der Waals surface area contributed by atoms with Crippen molar-refractivity contribution in [1.29, 1.82) is 10.8 Å². The van der Waals surface area contributed by atoms with Crippen LogP contribution in [0, 0.1) is 10.8 Å².